The summed E-state index contributed by atoms with van der Waals surface area (Å²) in [6, 6.07) is 4.87. The van der Waals surface area contributed by atoms with Crippen molar-refractivity contribution in [2.45, 2.75) is 32.4 Å². The van der Waals surface area contributed by atoms with Gasteiger partial charge in [-0.25, -0.2) is 0 Å². The first-order chi connectivity index (χ1) is 6.27. The molecule has 3 heteroatoms. The lowest BCUT2D eigenvalue weighted by Crippen LogP contribution is -2.29. The van der Waals surface area contributed by atoms with Crippen molar-refractivity contribution in [2.75, 3.05) is 0 Å². The van der Waals surface area contributed by atoms with Crippen molar-refractivity contribution in [1.29, 1.82) is 5.41 Å². The minimum Gasteiger partial charge on any atom is -0.353 e. The number of thiophene rings is 1. The lowest BCUT2D eigenvalue weighted by atomic mass is 10.4. The van der Waals surface area contributed by atoms with E-state index in [0.29, 0.717) is 11.9 Å². The molecule has 1 heterocycles. The van der Waals surface area contributed by atoms with Gasteiger partial charge in [0.15, 0.2) is 0 Å². The van der Waals surface area contributed by atoms with Crippen LogP contribution in [0.15, 0.2) is 17.5 Å². The maximum Gasteiger partial charge on any atom is 0.0931 e. The van der Waals surface area contributed by atoms with Gasteiger partial charge in [0, 0.05) is 10.9 Å². The van der Waals surface area contributed by atoms with E-state index in [9.17, 15) is 0 Å². The van der Waals surface area contributed by atoms with Crippen LogP contribution in [0.4, 0.5) is 0 Å². The number of hydrogen-bond acceptors (Lipinski definition) is 2. The van der Waals surface area contributed by atoms with Crippen LogP contribution in [0.2, 0.25) is 0 Å². The maximum atomic E-state index is 7.65. The summed E-state index contributed by atoms with van der Waals surface area (Å²) < 4.78 is 0. The van der Waals surface area contributed by atoms with Crippen molar-refractivity contribution in [3.8, 4) is 0 Å². The molecule has 1 fully saturated rings. The van der Waals surface area contributed by atoms with E-state index < -0.39 is 0 Å². The molecule has 0 atom stereocenters. The van der Waals surface area contributed by atoms with Gasteiger partial charge in [0.2, 0.25) is 0 Å². The fourth-order valence-electron chi connectivity index (χ4n) is 1.48. The lowest BCUT2D eigenvalue weighted by Gasteiger charge is -2.21. The molecule has 0 saturated heterocycles. The topological polar surface area (TPSA) is 27.1 Å². The van der Waals surface area contributed by atoms with E-state index >= 15 is 0 Å². The molecule has 1 N–H and O–H groups in total. The molecule has 1 aliphatic rings. The minimum absolute atomic E-state index is 0.652. The van der Waals surface area contributed by atoms with E-state index in [4.69, 9.17) is 5.41 Å². The highest BCUT2D eigenvalue weighted by Gasteiger charge is 2.29. The maximum absolute atomic E-state index is 7.65. The zero-order chi connectivity index (χ0) is 9.26. The second-order valence-corrected chi connectivity index (χ2v) is 4.56. The lowest BCUT2D eigenvalue weighted by molar-refractivity contribution is 0.401. The highest BCUT2D eigenvalue weighted by molar-refractivity contribution is 7.09. The zero-order valence-electron chi connectivity index (χ0n) is 7.79. The van der Waals surface area contributed by atoms with E-state index in [1.54, 1.807) is 11.3 Å². The van der Waals surface area contributed by atoms with Crippen LogP contribution in [-0.4, -0.2) is 16.8 Å². The van der Waals surface area contributed by atoms with Gasteiger partial charge in [-0.1, -0.05) is 6.07 Å². The molecule has 1 aliphatic carbocycles. The zero-order valence-corrected chi connectivity index (χ0v) is 8.60. The third kappa shape index (κ3) is 2.10. The predicted molar refractivity (Wildman–Crippen MR) is 56.3 cm³/mol. The van der Waals surface area contributed by atoms with Gasteiger partial charge in [0.1, 0.15) is 0 Å². The minimum atomic E-state index is 0.652. The molecule has 2 nitrogen and oxygen atoms in total. The Morgan fingerprint density at radius 3 is 2.92 bits per heavy atom. The summed E-state index contributed by atoms with van der Waals surface area (Å²) in [5.74, 6) is 0.705. The van der Waals surface area contributed by atoms with E-state index in [0.717, 1.165) is 6.54 Å². The first-order valence-corrected chi connectivity index (χ1v) is 5.49. The Balaban J connectivity index is 2.01. The van der Waals surface area contributed by atoms with Crippen LogP contribution >= 0.6 is 11.3 Å². The normalized spacial score (nSPS) is 15.8. The second kappa shape index (κ2) is 3.50. The van der Waals surface area contributed by atoms with E-state index in [2.05, 4.69) is 22.4 Å². The first-order valence-electron chi connectivity index (χ1n) is 4.61. The van der Waals surface area contributed by atoms with Crippen LogP contribution in [0.5, 0.6) is 0 Å². The molecular weight excluding hydrogens is 180 g/mol. The average Bonchev–Trinajstić information content (AvgIpc) is 2.79. The SMILES string of the molecule is CC(=N)N(Cc1cccs1)C1CC1. The molecule has 0 unspecified atom stereocenters. The highest BCUT2D eigenvalue weighted by Crippen LogP contribution is 2.29. The number of amidine groups is 1. The summed E-state index contributed by atoms with van der Waals surface area (Å²) in [6.07, 6.45) is 2.53. The van der Waals surface area contributed by atoms with Gasteiger partial charge in [0.05, 0.1) is 12.4 Å². The Labute approximate surface area is 82.7 Å². The van der Waals surface area contributed by atoms with Gasteiger partial charge in [0.25, 0.3) is 0 Å². The standard InChI is InChI=1S/C10H14N2S/c1-8(11)12(9-4-5-9)7-10-3-2-6-13-10/h2-3,6,9,11H,4-5,7H2,1H3. The Morgan fingerprint density at radius 2 is 2.46 bits per heavy atom. The molecule has 0 amide bonds. The van der Waals surface area contributed by atoms with Crippen molar-refractivity contribution in [3.05, 3.63) is 22.4 Å². The van der Waals surface area contributed by atoms with Crippen molar-refractivity contribution >= 4 is 17.2 Å². The first kappa shape index (κ1) is 8.75. The monoisotopic (exact) mass is 194 g/mol. The molecule has 0 radical (unpaired) electrons. The molecule has 0 bridgehead atoms. The summed E-state index contributed by atoms with van der Waals surface area (Å²) in [6.45, 7) is 2.81. The van der Waals surface area contributed by atoms with E-state index in [1.165, 1.54) is 17.7 Å². The number of nitrogens with zero attached hydrogens (tertiary/aromatic N) is 1. The quantitative estimate of drug-likeness (QED) is 0.581. The molecule has 0 aromatic carbocycles. The van der Waals surface area contributed by atoms with Crippen LogP contribution in [0, 0.1) is 5.41 Å². The molecule has 0 aliphatic heterocycles. The molecule has 2 rings (SSSR count). The summed E-state index contributed by atoms with van der Waals surface area (Å²) in [5.41, 5.74) is 0. The van der Waals surface area contributed by atoms with Gasteiger partial charge < -0.3 is 4.90 Å². The molecule has 0 spiro atoms. The van der Waals surface area contributed by atoms with Crippen molar-refractivity contribution < 1.29 is 0 Å². The number of rotatable bonds is 3. The number of hydrogen-bond donors (Lipinski definition) is 1. The van der Waals surface area contributed by atoms with Gasteiger partial charge in [-0.15, -0.1) is 11.3 Å². The van der Waals surface area contributed by atoms with Crippen molar-refractivity contribution in [2.24, 2.45) is 0 Å². The van der Waals surface area contributed by atoms with E-state index in [1.807, 2.05) is 6.92 Å². The molecule has 1 aromatic rings. The fraction of sp³-hybridized carbons (Fsp3) is 0.500. The largest absolute Gasteiger partial charge is 0.353 e. The summed E-state index contributed by atoms with van der Waals surface area (Å²) >= 11 is 1.78. The van der Waals surface area contributed by atoms with Gasteiger partial charge in [-0.2, -0.15) is 0 Å². The van der Waals surface area contributed by atoms with Crippen LogP contribution in [-0.2, 0) is 6.54 Å². The van der Waals surface area contributed by atoms with Gasteiger partial charge in [-0.05, 0) is 31.2 Å². The smallest absolute Gasteiger partial charge is 0.0931 e. The molecule has 70 valence electrons. The summed E-state index contributed by atoms with van der Waals surface area (Å²) in [4.78, 5) is 3.56. The Hall–Kier alpha value is -0.830. The third-order valence-corrected chi connectivity index (χ3v) is 3.19. The molecule has 1 saturated carbocycles. The summed E-state index contributed by atoms with van der Waals surface area (Å²) in [7, 11) is 0. The highest BCUT2D eigenvalue weighted by atomic mass is 32.1. The van der Waals surface area contributed by atoms with Crippen LogP contribution in [0.3, 0.4) is 0 Å². The Morgan fingerprint density at radius 1 is 1.69 bits per heavy atom. The van der Waals surface area contributed by atoms with Crippen LogP contribution in [0.25, 0.3) is 0 Å². The van der Waals surface area contributed by atoms with Crippen molar-refractivity contribution in [3.63, 3.8) is 0 Å². The Bertz CT molecular complexity index is 288. The summed E-state index contributed by atoms with van der Waals surface area (Å²) in [5, 5.41) is 9.75. The molecule has 1 aromatic heterocycles. The van der Waals surface area contributed by atoms with Gasteiger partial charge >= 0.3 is 0 Å². The predicted octanol–water partition coefficient (Wildman–Crippen LogP) is 2.71. The van der Waals surface area contributed by atoms with Crippen molar-refractivity contribution in [1.82, 2.24) is 4.90 Å². The number of nitrogens with one attached hydrogen (secondary N) is 1. The van der Waals surface area contributed by atoms with Crippen LogP contribution < -0.4 is 0 Å². The van der Waals surface area contributed by atoms with Crippen LogP contribution in [0.1, 0.15) is 24.6 Å². The Kier molecular flexibility index (Phi) is 2.36. The average molecular weight is 194 g/mol. The van der Waals surface area contributed by atoms with E-state index in [-0.39, 0.29) is 0 Å². The van der Waals surface area contributed by atoms with Gasteiger partial charge in [-0.3, -0.25) is 5.41 Å². The third-order valence-electron chi connectivity index (χ3n) is 2.32. The fourth-order valence-corrected chi connectivity index (χ4v) is 2.18. The molecular formula is C10H14N2S. The second-order valence-electron chi connectivity index (χ2n) is 3.52. The molecule has 13 heavy (non-hydrogen) atoms.